The fourth-order valence-corrected chi connectivity index (χ4v) is 3.53. The summed E-state index contributed by atoms with van der Waals surface area (Å²) in [5.74, 6) is 0.156. The van der Waals surface area contributed by atoms with Crippen LogP contribution in [-0.2, 0) is 19.5 Å². The first-order chi connectivity index (χ1) is 14.4. The Kier molecular flexibility index (Phi) is 6.92. The van der Waals surface area contributed by atoms with Crippen molar-refractivity contribution in [2.24, 2.45) is 17.4 Å². The van der Waals surface area contributed by atoms with Gasteiger partial charge in [-0.2, -0.15) is 0 Å². The van der Waals surface area contributed by atoms with E-state index < -0.39 is 0 Å². The number of rotatable bonds is 7. The summed E-state index contributed by atoms with van der Waals surface area (Å²) in [6.07, 6.45) is 2.42. The molecule has 6 heteroatoms. The number of nitrogens with one attached hydrogen (secondary N) is 1. The zero-order valence-corrected chi connectivity index (χ0v) is 17.8. The number of carbonyl (C=O) groups is 1. The van der Waals surface area contributed by atoms with E-state index in [2.05, 4.69) is 24.1 Å². The van der Waals surface area contributed by atoms with Crippen LogP contribution < -0.4 is 16.8 Å². The molecule has 0 saturated carbocycles. The van der Waals surface area contributed by atoms with Crippen LogP contribution in [0.4, 0.5) is 5.69 Å². The van der Waals surface area contributed by atoms with Gasteiger partial charge in [0.15, 0.2) is 0 Å². The molecule has 0 radical (unpaired) electrons. The molecule has 5 N–H and O–H groups in total. The number of pyridine rings is 2. The lowest BCUT2D eigenvalue weighted by Gasteiger charge is -2.21. The number of nitrogens with zero attached hydrogens (tertiary/aromatic N) is 2. The van der Waals surface area contributed by atoms with Gasteiger partial charge < -0.3 is 16.8 Å². The summed E-state index contributed by atoms with van der Waals surface area (Å²) in [4.78, 5) is 21.8. The van der Waals surface area contributed by atoms with E-state index in [0.29, 0.717) is 30.4 Å². The predicted molar refractivity (Wildman–Crippen MR) is 121 cm³/mol. The summed E-state index contributed by atoms with van der Waals surface area (Å²) in [6.45, 7) is 7.03. The maximum absolute atomic E-state index is 12.9. The van der Waals surface area contributed by atoms with Crippen LogP contribution in [-0.4, -0.2) is 15.9 Å². The average Bonchev–Trinajstić information content (AvgIpc) is 2.75. The zero-order valence-electron chi connectivity index (χ0n) is 17.8. The van der Waals surface area contributed by atoms with Gasteiger partial charge in [-0.1, -0.05) is 44.2 Å². The number of nitrogens with two attached hydrogens (primary N) is 2. The third kappa shape index (κ3) is 4.72. The van der Waals surface area contributed by atoms with Crippen LogP contribution in [0.5, 0.6) is 0 Å². The van der Waals surface area contributed by atoms with Crippen molar-refractivity contribution in [3.8, 4) is 11.1 Å². The fraction of sp³-hybridized carbons (Fsp3) is 0.292. The first-order valence-corrected chi connectivity index (χ1v) is 10.2. The lowest BCUT2D eigenvalue weighted by Crippen LogP contribution is -2.18. The zero-order chi connectivity index (χ0) is 21.7. The summed E-state index contributed by atoms with van der Waals surface area (Å²) in [7, 11) is 0. The van der Waals surface area contributed by atoms with Crippen LogP contribution in [0.25, 0.3) is 11.1 Å². The number of hydrogen-bond acceptors (Lipinski definition) is 5. The standard InChI is InChI=1S/C24H29N5O/c1-15(2)12-21-19(14-26)22(18-9-7-17(13-25)8-10-18)23(16(3)28-21)29-24(30)20-6-4-5-11-27-20/h4-11,15H,12-14,25-26H2,1-3H3,(H,29,30). The quantitative estimate of drug-likeness (QED) is 0.556. The van der Waals surface area contributed by atoms with Gasteiger partial charge >= 0.3 is 0 Å². The Morgan fingerprint density at radius 3 is 2.37 bits per heavy atom. The van der Waals surface area contributed by atoms with Crippen molar-refractivity contribution >= 4 is 11.6 Å². The molecule has 0 bridgehead atoms. The molecule has 1 amide bonds. The van der Waals surface area contributed by atoms with Crippen molar-refractivity contribution in [3.63, 3.8) is 0 Å². The van der Waals surface area contributed by atoms with Crippen LogP contribution in [0.2, 0.25) is 0 Å². The van der Waals surface area contributed by atoms with Crippen LogP contribution in [0, 0.1) is 12.8 Å². The van der Waals surface area contributed by atoms with Gasteiger partial charge in [0.1, 0.15) is 5.69 Å². The molecule has 0 atom stereocenters. The SMILES string of the molecule is Cc1nc(CC(C)C)c(CN)c(-c2ccc(CN)cc2)c1NC(=O)c1ccccn1. The molecule has 3 aromatic rings. The van der Waals surface area contributed by atoms with E-state index in [0.717, 1.165) is 40.1 Å². The highest BCUT2D eigenvalue weighted by Crippen LogP contribution is 2.36. The average molecular weight is 404 g/mol. The van der Waals surface area contributed by atoms with Gasteiger partial charge in [0.2, 0.25) is 0 Å². The largest absolute Gasteiger partial charge is 0.326 e. The third-order valence-corrected chi connectivity index (χ3v) is 4.98. The van der Waals surface area contributed by atoms with Gasteiger partial charge in [-0.15, -0.1) is 0 Å². The molecule has 0 spiro atoms. The van der Waals surface area contributed by atoms with Crippen molar-refractivity contribution in [2.75, 3.05) is 5.32 Å². The summed E-state index contributed by atoms with van der Waals surface area (Å²) >= 11 is 0. The minimum absolute atomic E-state index is 0.278. The number of hydrogen-bond donors (Lipinski definition) is 3. The van der Waals surface area contributed by atoms with Crippen LogP contribution >= 0.6 is 0 Å². The molecule has 156 valence electrons. The molecule has 0 aliphatic rings. The minimum Gasteiger partial charge on any atom is -0.326 e. The van der Waals surface area contributed by atoms with Gasteiger partial charge in [-0.05, 0) is 48.1 Å². The topological polar surface area (TPSA) is 107 Å². The Morgan fingerprint density at radius 2 is 1.80 bits per heavy atom. The van der Waals surface area contributed by atoms with Crippen molar-refractivity contribution < 1.29 is 4.79 Å². The molecule has 1 aromatic carbocycles. The van der Waals surface area contributed by atoms with Crippen molar-refractivity contribution in [1.82, 2.24) is 9.97 Å². The number of aromatic nitrogens is 2. The van der Waals surface area contributed by atoms with Gasteiger partial charge in [0.25, 0.3) is 5.91 Å². The third-order valence-electron chi connectivity index (χ3n) is 4.98. The monoisotopic (exact) mass is 403 g/mol. The molecule has 2 heterocycles. The molecule has 0 fully saturated rings. The van der Waals surface area contributed by atoms with Gasteiger partial charge in [0.05, 0.1) is 11.4 Å². The predicted octanol–water partition coefficient (Wildman–Crippen LogP) is 3.82. The van der Waals surface area contributed by atoms with E-state index in [1.54, 1.807) is 24.4 Å². The molecule has 0 unspecified atom stereocenters. The maximum Gasteiger partial charge on any atom is 0.274 e. The van der Waals surface area contributed by atoms with E-state index in [1.165, 1.54) is 0 Å². The van der Waals surface area contributed by atoms with Crippen molar-refractivity contribution in [1.29, 1.82) is 0 Å². The molecule has 0 aliphatic carbocycles. The fourth-order valence-electron chi connectivity index (χ4n) is 3.53. The molecule has 0 aliphatic heterocycles. The van der Waals surface area contributed by atoms with E-state index in [-0.39, 0.29) is 5.91 Å². The second-order valence-electron chi connectivity index (χ2n) is 7.74. The number of amides is 1. The first-order valence-electron chi connectivity index (χ1n) is 10.2. The molecular formula is C24H29N5O. The van der Waals surface area contributed by atoms with Gasteiger partial charge in [-0.25, -0.2) is 0 Å². The van der Waals surface area contributed by atoms with E-state index >= 15 is 0 Å². The van der Waals surface area contributed by atoms with Crippen LogP contribution in [0.15, 0.2) is 48.7 Å². The summed E-state index contributed by atoms with van der Waals surface area (Å²) in [5, 5.41) is 3.03. The molecule has 2 aromatic heterocycles. The Labute approximate surface area is 177 Å². The highest BCUT2D eigenvalue weighted by atomic mass is 16.1. The summed E-state index contributed by atoms with van der Waals surface area (Å²) < 4.78 is 0. The normalized spacial score (nSPS) is 11.0. The Bertz CT molecular complexity index is 1010. The Morgan fingerprint density at radius 1 is 1.07 bits per heavy atom. The number of anilines is 1. The lowest BCUT2D eigenvalue weighted by molar-refractivity contribution is 0.102. The lowest BCUT2D eigenvalue weighted by atomic mass is 9.92. The molecule has 6 nitrogen and oxygen atoms in total. The van der Waals surface area contributed by atoms with E-state index in [4.69, 9.17) is 16.5 Å². The number of benzene rings is 1. The van der Waals surface area contributed by atoms with E-state index in [1.807, 2.05) is 31.2 Å². The van der Waals surface area contributed by atoms with E-state index in [9.17, 15) is 4.79 Å². The number of aryl methyl sites for hydroxylation is 1. The summed E-state index contributed by atoms with van der Waals surface area (Å²) in [5.41, 5.74) is 18.6. The highest BCUT2D eigenvalue weighted by molar-refractivity contribution is 6.05. The van der Waals surface area contributed by atoms with Gasteiger partial charge in [0, 0.05) is 30.5 Å². The maximum atomic E-state index is 12.9. The van der Waals surface area contributed by atoms with Crippen molar-refractivity contribution in [2.45, 2.75) is 40.3 Å². The van der Waals surface area contributed by atoms with Crippen LogP contribution in [0.1, 0.15) is 46.9 Å². The number of carbonyl (C=O) groups excluding carboxylic acids is 1. The van der Waals surface area contributed by atoms with Crippen LogP contribution in [0.3, 0.4) is 0 Å². The smallest absolute Gasteiger partial charge is 0.274 e. The van der Waals surface area contributed by atoms with Crippen molar-refractivity contribution in [3.05, 3.63) is 76.9 Å². The molecule has 0 saturated heterocycles. The Hall–Kier alpha value is -3.09. The molecule has 3 rings (SSSR count). The Balaban J connectivity index is 2.17. The highest BCUT2D eigenvalue weighted by Gasteiger charge is 2.21. The minimum atomic E-state index is -0.278. The second kappa shape index (κ2) is 9.61. The molecule has 30 heavy (non-hydrogen) atoms. The second-order valence-corrected chi connectivity index (χ2v) is 7.74. The first kappa shape index (κ1) is 21.6. The molecular weight excluding hydrogens is 374 g/mol. The van der Waals surface area contributed by atoms with Gasteiger partial charge in [-0.3, -0.25) is 14.8 Å². The summed E-state index contributed by atoms with van der Waals surface area (Å²) in [6, 6.07) is 13.3.